The van der Waals surface area contributed by atoms with Gasteiger partial charge in [0.2, 0.25) is 15.9 Å². The Morgan fingerprint density at radius 1 is 1.38 bits per heavy atom. The van der Waals surface area contributed by atoms with E-state index in [2.05, 4.69) is 10.3 Å². The minimum absolute atomic E-state index is 0.149. The number of nitrogens with one attached hydrogen (secondary N) is 1. The molecule has 1 amide bonds. The highest BCUT2D eigenvalue weighted by atomic mass is 32.2. The van der Waals surface area contributed by atoms with E-state index in [-0.39, 0.29) is 5.91 Å². The number of anilines is 2. The molecule has 1 aromatic carbocycles. The van der Waals surface area contributed by atoms with E-state index in [1.807, 2.05) is 25.1 Å². The van der Waals surface area contributed by atoms with Crippen molar-refractivity contribution in [3.63, 3.8) is 0 Å². The number of hydrogen-bond donors (Lipinski definition) is 1. The van der Waals surface area contributed by atoms with Crippen molar-refractivity contribution in [2.24, 2.45) is 0 Å². The first kappa shape index (κ1) is 16.9. The lowest BCUT2D eigenvalue weighted by molar-refractivity contribution is -0.114. The normalized spacial score (nSPS) is 14.4. The van der Waals surface area contributed by atoms with Crippen LogP contribution in [0.2, 0.25) is 0 Å². The number of benzene rings is 1. The molecule has 0 atom stereocenters. The second kappa shape index (κ2) is 6.18. The third-order valence-electron chi connectivity index (χ3n) is 3.90. The Hall–Kier alpha value is -1.93. The number of rotatable bonds is 3. The van der Waals surface area contributed by atoms with Crippen LogP contribution in [0.15, 0.2) is 18.2 Å². The fourth-order valence-electron chi connectivity index (χ4n) is 2.92. The van der Waals surface area contributed by atoms with Gasteiger partial charge >= 0.3 is 0 Å². The molecule has 1 aliphatic rings. The highest BCUT2D eigenvalue weighted by Gasteiger charge is 2.24. The Balaban J connectivity index is 2.00. The van der Waals surface area contributed by atoms with Gasteiger partial charge in [0, 0.05) is 13.5 Å². The number of aromatic nitrogens is 1. The summed E-state index contributed by atoms with van der Waals surface area (Å²) in [5.74, 6) is -0.149. The fourth-order valence-corrected chi connectivity index (χ4v) is 4.92. The second-order valence-electron chi connectivity index (χ2n) is 5.90. The summed E-state index contributed by atoms with van der Waals surface area (Å²) >= 11 is 1.42. The number of nitrogens with zero attached hydrogens (tertiary/aromatic N) is 2. The van der Waals surface area contributed by atoms with Gasteiger partial charge in [0.05, 0.1) is 22.5 Å². The zero-order valence-electron chi connectivity index (χ0n) is 13.8. The Bertz CT molecular complexity index is 903. The summed E-state index contributed by atoms with van der Waals surface area (Å²) in [6, 6.07) is 5.81. The van der Waals surface area contributed by atoms with Crippen molar-refractivity contribution < 1.29 is 13.2 Å². The van der Waals surface area contributed by atoms with E-state index in [0.29, 0.717) is 11.7 Å². The molecule has 0 spiro atoms. The molecular weight excluding hydrogens is 346 g/mol. The predicted molar refractivity (Wildman–Crippen MR) is 97.1 cm³/mol. The maximum Gasteiger partial charge on any atom is 0.232 e. The van der Waals surface area contributed by atoms with Crippen LogP contribution in [0.25, 0.3) is 10.4 Å². The lowest BCUT2D eigenvalue weighted by Crippen LogP contribution is -2.34. The predicted octanol–water partition coefficient (Wildman–Crippen LogP) is 2.79. The third kappa shape index (κ3) is 3.29. The summed E-state index contributed by atoms with van der Waals surface area (Å²) in [7, 11) is -3.26. The smallest absolute Gasteiger partial charge is 0.232 e. The van der Waals surface area contributed by atoms with Crippen molar-refractivity contribution in [2.45, 2.75) is 26.7 Å². The number of aryl methyl sites for hydroxylation is 2. The summed E-state index contributed by atoms with van der Waals surface area (Å²) in [6.45, 7) is 3.88. The van der Waals surface area contributed by atoms with E-state index in [1.165, 1.54) is 28.8 Å². The number of sulfonamides is 1. The van der Waals surface area contributed by atoms with Gasteiger partial charge in [-0.2, -0.15) is 0 Å². The Morgan fingerprint density at radius 3 is 2.79 bits per heavy atom. The Morgan fingerprint density at radius 2 is 2.12 bits per heavy atom. The summed E-state index contributed by atoms with van der Waals surface area (Å²) in [5, 5.41) is 3.28. The highest BCUT2D eigenvalue weighted by Crippen LogP contribution is 2.37. The summed E-state index contributed by atoms with van der Waals surface area (Å²) in [5.41, 5.74) is 3.63. The topological polar surface area (TPSA) is 79.4 Å². The van der Waals surface area contributed by atoms with Crippen LogP contribution in [-0.2, 0) is 21.2 Å². The largest absolute Gasteiger partial charge is 0.302 e. The number of thiazole rings is 1. The van der Waals surface area contributed by atoms with Crippen molar-refractivity contribution in [3.8, 4) is 10.4 Å². The molecule has 24 heavy (non-hydrogen) atoms. The van der Waals surface area contributed by atoms with E-state index < -0.39 is 10.0 Å². The summed E-state index contributed by atoms with van der Waals surface area (Å²) in [4.78, 5) is 16.5. The molecule has 2 heterocycles. The van der Waals surface area contributed by atoms with Gasteiger partial charge in [0.15, 0.2) is 5.13 Å². The quantitative estimate of drug-likeness (QED) is 0.907. The van der Waals surface area contributed by atoms with E-state index in [9.17, 15) is 13.2 Å². The molecule has 1 aromatic heterocycles. The van der Waals surface area contributed by atoms with Gasteiger partial charge in [-0.25, -0.2) is 13.4 Å². The average molecular weight is 365 g/mol. The minimum Gasteiger partial charge on any atom is -0.302 e. The maximum atomic E-state index is 11.9. The van der Waals surface area contributed by atoms with Gasteiger partial charge < -0.3 is 5.32 Å². The van der Waals surface area contributed by atoms with E-state index in [1.54, 1.807) is 0 Å². The van der Waals surface area contributed by atoms with Crippen molar-refractivity contribution in [1.82, 2.24) is 4.98 Å². The number of fused-ring (bicyclic) bond motifs is 1. The van der Waals surface area contributed by atoms with Crippen molar-refractivity contribution in [1.29, 1.82) is 0 Å². The molecule has 0 aliphatic carbocycles. The maximum absolute atomic E-state index is 11.9. The van der Waals surface area contributed by atoms with Crippen molar-refractivity contribution in [3.05, 3.63) is 29.5 Å². The standard InChI is InChI=1S/C16H19N3O3S2/c1-10-15(23-16(17-10)18-11(2)20)13-6-7-14-12(9-13)5-4-8-19(14)24(3,21)22/h6-7,9H,4-5,8H2,1-3H3,(H,17,18,20). The molecular formula is C16H19N3O3S2. The highest BCUT2D eigenvalue weighted by molar-refractivity contribution is 7.92. The lowest BCUT2D eigenvalue weighted by atomic mass is 10.00. The van der Waals surface area contributed by atoms with Crippen LogP contribution in [0.3, 0.4) is 0 Å². The molecule has 0 unspecified atom stereocenters. The molecule has 0 saturated heterocycles. The van der Waals surface area contributed by atoms with E-state index in [4.69, 9.17) is 0 Å². The molecule has 1 aliphatic heterocycles. The summed E-state index contributed by atoms with van der Waals surface area (Å²) < 4.78 is 25.4. The first-order valence-electron chi connectivity index (χ1n) is 7.62. The van der Waals surface area contributed by atoms with Crippen LogP contribution in [0.5, 0.6) is 0 Å². The Labute approximate surface area is 145 Å². The summed E-state index contributed by atoms with van der Waals surface area (Å²) in [6.07, 6.45) is 2.90. The van der Waals surface area contributed by atoms with Gasteiger partial charge in [0.1, 0.15) is 0 Å². The number of carbonyl (C=O) groups excluding carboxylic acids is 1. The molecule has 0 fully saturated rings. The second-order valence-corrected chi connectivity index (χ2v) is 8.80. The van der Waals surface area contributed by atoms with E-state index in [0.717, 1.165) is 40.2 Å². The minimum atomic E-state index is -3.26. The molecule has 8 heteroatoms. The van der Waals surface area contributed by atoms with Crippen molar-refractivity contribution >= 4 is 38.1 Å². The fraction of sp³-hybridized carbons (Fsp3) is 0.375. The van der Waals surface area contributed by atoms with Gasteiger partial charge in [-0.3, -0.25) is 9.10 Å². The van der Waals surface area contributed by atoms with E-state index >= 15 is 0 Å². The van der Waals surface area contributed by atoms with Gasteiger partial charge in [-0.15, -0.1) is 0 Å². The van der Waals surface area contributed by atoms with Crippen LogP contribution < -0.4 is 9.62 Å². The molecule has 2 aromatic rings. The van der Waals surface area contributed by atoms with Crippen molar-refractivity contribution in [2.75, 3.05) is 22.4 Å². The molecule has 0 saturated carbocycles. The molecule has 6 nitrogen and oxygen atoms in total. The molecule has 3 rings (SSSR count). The number of hydrogen-bond acceptors (Lipinski definition) is 5. The van der Waals surface area contributed by atoms with Gasteiger partial charge in [-0.05, 0) is 43.0 Å². The number of amides is 1. The SMILES string of the molecule is CC(=O)Nc1nc(C)c(-c2ccc3c(c2)CCCN3S(C)(=O)=O)s1. The zero-order chi connectivity index (χ0) is 17.5. The zero-order valence-corrected chi connectivity index (χ0v) is 15.4. The number of carbonyl (C=O) groups is 1. The van der Waals surface area contributed by atoms with Crippen LogP contribution in [0, 0.1) is 6.92 Å². The van der Waals surface area contributed by atoms with Gasteiger partial charge in [0.25, 0.3) is 0 Å². The average Bonchev–Trinajstić information content (AvgIpc) is 2.84. The van der Waals surface area contributed by atoms with Crippen LogP contribution in [0.4, 0.5) is 10.8 Å². The van der Waals surface area contributed by atoms with Crippen LogP contribution in [0.1, 0.15) is 24.6 Å². The molecule has 1 N–H and O–H groups in total. The third-order valence-corrected chi connectivity index (χ3v) is 6.20. The molecule has 0 bridgehead atoms. The molecule has 0 radical (unpaired) electrons. The monoisotopic (exact) mass is 365 g/mol. The van der Waals surface area contributed by atoms with Crippen LogP contribution >= 0.6 is 11.3 Å². The first-order chi connectivity index (χ1) is 11.3. The van der Waals surface area contributed by atoms with Gasteiger partial charge in [-0.1, -0.05) is 17.4 Å². The van der Waals surface area contributed by atoms with Crippen LogP contribution in [-0.4, -0.2) is 32.1 Å². The lowest BCUT2D eigenvalue weighted by Gasteiger charge is -2.29. The first-order valence-corrected chi connectivity index (χ1v) is 10.3. The molecule has 128 valence electrons. The Kier molecular flexibility index (Phi) is 4.35.